The maximum absolute atomic E-state index is 11.6. The van der Waals surface area contributed by atoms with Crippen LogP contribution in [0.2, 0.25) is 0 Å². The number of rotatable bonds is 8. The van der Waals surface area contributed by atoms with Crippen LogP contribution in [0.4, 0.5) is 9.59 Å². The van der Waals surface area contributed by atoms with Crippen molar-refractivity contribution in [1.82, 2.24) is 10.6 Å². The van der Waals surface area contributed by atoms with Crippen LogP contribution in [0.1, 0.15) is 99.8 Å². The molecular formula is C25H46N2O6. The van der Waals surface area contributed by atoms with Gasteiger partial charge in [-0.25, -0.2) is 9.59 Å². The Morgan fingerprint density at radius 1 is 0.879 bits per heavy atom. The predicted octanol–water partition coefficient (Wildman–Crippen LogP) is 4.72. The van der Waals surface area contributed by atoms with Gasteiger partial charge in [-0.2, -0.15) is 0 Å². The number of nitrogens with one attached hydrogen (secondary N) is 2. The molecule has 0 aromatic rings. The van der Waals surface area contributed by atoms with E-state index >= 15 is 0 Å². The van der Waals surface area contributed by atoms with Crippen molar-refractivity contribution >= 4 is 18.5 Å². The largest absolute Gasteiger partial charge is 0.444 e. The minimum absolute atomic E-state index is 0.199. The lowest BCUT2D eigenvalue weighted by atomic mass is 9.80. The van der Waals surface area contributed by atoms with Crippen molar-refractivity contribution in [3.63, 3.8) is 0 Å². The van der Waals surface area contributed by atoms with Gasteiger partial charge in [-0.05, 0) is 73.1 Å². The maximum atomic E-state index is 11.6. The van der Waals surface area contributed by atoms with E-state index in [2.05, 4.69) is 10.6 Å². The molecule has 0 spiro atoms. The van der Waals surface area contributed by atoms with E-state index in [-0.39, 0.29) is 6.04 Å². The molecule has 3 N–H and O–H groups in total. The van der Waals surface area contributed by atoms with Crippen LogP contribution in [-0.4, -0.2) is 53.0 Å². The molecule has 8 heteroatoms. The Labute approximate surface area is 199 Å². The average Bonchev–Trinajstić information content (AvgIpc) is 2.56. The number of aliphatic hydroxyl groups excluding tert-OH is 1. The van der Waals surface area contributed by atoms with Crippen LogP contribution in [0.3, 0.4) is 0 Å². The SMILES string of the molecule is CC(C)(C)OC(=O)NC(C=O)CC1CCC1.CC(O)C(CC1CCC1)NC(=O)OC(C)(C)C. The molecule has 2 aliphatic carbocycles. The number of alkyl carbamates (subject to hydrolysis) is 2. The molecule has 0 bridgehead atoms. The summed E-state index contributed by atoms with van der Waals surface area (Å²) in [5.74, 6) is 1.23. The number of hydrogen-bond acceptors (Lipinski definition) is 6. The molecule has 192 valence electrons. The van der Waals surface area contributed by atoms with Gasteiger partial charge in [0.2, 0.25) is 0 Å². The molecule has 8 nitrogen and oxygen atoms in total. The zero-order chi connectivity index (χ0) is 25.2. The zero-order valence-corrected chi connectivity index (χ0v) is 21.6. The Morgan fingerprint density at radius 2 is 1.30 bits per heavy atom. The van der Waals surface area contributed by atoms with Crippen LogP contribution >= 0.6 is 0 Å². The number of hydrogen-bond donors (Lipinski definition) is 3. The summed E-state index contributed by atoms with van der Waals surface area (Å²) < 4.78 is 10.3. The van der Waals surface area contributed by atoms with Crippen LogP contribution in [0, 0.1) is 11.8 Å². The Bertz CT molecular complexity index is 615. The number of carbonyl (C=O) groups is 3. The van der Waals surface area contributed by atoms with Crippen molar-refractivity contribution in [1.29, 1.82) is 0 Å². The van der Waals surface area contributed by atoms with Gasteiger partial charge in [0.05, 0.1) is 18.2 Å². The van der Waals surface area contributed by atoms with Crippen LogP contribution in [0.25, 0.3) is 0 Å². The molecule has 2 fully saturated rings. The first-order valence-electron chi connectivity index (χ1n) is 12.3. The second-order valence-corrected chi connectivity index (χ2v) is 11.4. The molecule has 0 heterocycles. The highest BCUT2D eigenvalue weighted by molar-refractivity contribution is 5.73. The summed E-state index contributed by atoms with van der Waals surface area (Å²) in [5.41, 5.74) is -1.02. The minimum atomic E-state index is -0.539. The van der Waals surface area contributed by atoms with Gasteiger partial charge in [-0.15, -0.1) is 0 Å². The molecule has 33 heavy (non-hydrogen) atoms. The molecule has 2 aliphatic rings. The van der Waals surface area contributed by atoms with Crippen molar-refractivity contribution < 1.29 is 29.0 Å². The number of ether oxygens (including phenoxy) is 2. The number of carbonyl (C=O) groups excluding carboxylic acids is 3. The van der Waals surface area contributed by atoms with Crippen LogP contribution in [0.5, 0.6) is 0 Å². The first kappa shape index (κ1) is 29.2. The minimum Gasteiger partial charge on any atom is -0.444 e. The normalized spacial score (nSPS) is 19.4. The average molecular weight is 471 g/mol. The molecule has 3 atom stereocenters. The third-order valence-electron chi connectivity index (χ3n) is 5.77. The summed E-state index contributed by atoms with van der Waals surface area (Å²) in [6, 6.07) is -0.602. The van der Waals surface area contributed by atoms with E-state index in [0.29, 0.717) is 11.8 Å². The lowest BCUT2D eigenvalue weighted by molar-refractivity contribution is -0.110. The Morgan fingerprint density at radius 3 is 1.64 bits per heavy atom. The van der Waals surface area contributed by atoms with Crippen LogP contribution in [0.15, 0.2) is 0 Å². The van der Waals surface area contributed by atoms with Crippen molar-refractivity contribution in [3.8, 4) is 0 Å². The Kier molecular flexibility index (Phi) is 11.6. The number of aliphatic hydroxyl groups is 1. The first-order chi connectivity index (χ1) is 15.2. The summed E-state index contributed by atoms with van der Waals surface area (Å²) in [4.78, 5) is 33.9. The van der Waals surface area contributed by atoms with E-state index in [9.17, 15) is 19.5 Å². The highest BCUT2D eigenvalue weighted by Gasteiger charge is 2.28. The van der Waals surface area contributed by atoms with E-state index in [1.54, 1.807) is 27.7 Å². The molecular weight excluding hydrogens is 424 g/mol. The summed E-state index contributed by atoms with van der Waals surface area (Å²) >= 11 is 0. The smallest absolute Gasteiger partial charge is 0.408 e. The fraction of sp³-hybridized carbons (Fsp3) is 0.880. The van der Waals surface area contributed by atoms with Crippen LogP contribution < -0.4 is 10.6 Å². The molecule has 0 radical (unpaired) electrons. The highest BCUT2D eigenvalue weighted by atomic mass is 16.6. The lowest BCUT2D eigenvalue weighted by Gasteiger charge is -2.32. The maximum Gasteiger partial charge on any atom is 0.408 e. The summed E-state index contributed by atoms with van der Waals surface area (Å²) in [5, 5.41) is 15.0. The van der Waals surface area contributed by atoms with Crippen molar-refractivity contribution in [2.45, 2.75) is 129 Å². The van der Waals surface area contributed by atoms with E-state index in [1.807, 2.05) is 20.8 Å². The topological polar surface area (TPSA) is 114 Å². The lowest BCUT2D eigenvalue weighted by Crippen LogP contribution is -2.46. The molecule has 2 rings (SSSR count). The zero-order valence-electron chi connectivity index (χ0n) is 21.6. The Hall–Kier alpha value is -1.83. The van der Waals surface area contributed by atoms with Gasteiger partial charge in [0.15, 0.2) is 0 Å². The summed E-state index contributed by atoms with van der Waals surface area (Å²) in [7, 11) is 0. The second kappa shape index (κ2) is 13.2. The molecule has 0 aromatic carbocycles. The van der Waals surface area contributed by atoms with Crippen molar-refractivity contribution in [3.05, 3.63) is 0 Å². The standard InChI is InChI=1S/C13H25NO3.C12H21NO3/c1-9(15)11(8-10-6-5-7-10)14-12(16)17-13(2,3)4;1-12(2,3)16-11(15)13-10(8-14)7-9-5-4-6-9/h9-11,15H,5-8H2,1-4H3,(H,14,16);8-10H,4-7H2,1-3H3,(H,13,15). The highest BCUT2D eigenvalue weighted by Crippen LogP contribution is 2.31. The van der Waals surface area contributed by atoms with E-state index in [4.69, 9.17) is 9.47 Å². The quantitative estimate of drug-likeness (QED) is 0.442. The predicted molar refractivity (Wildman–Crippen MR) is 128 cm³/mol. The Balaban J connectivity index is 0.000000331. The van der Waals surface area contributed by atoms with Gasteiger partial charge in [0.1, 0.15) is 17.5 Å². The molecule has 0 aromatic heterocycles. The third kappa shape index (κ3) is 13.5. The summed E-state index contributed by atoms with van der Waals surface area (Å²) in [6.07, 6.45) is 8.14. The van der Waals surface area contributed by atoms with Crippen molar-refractivity contribution in [2.75, 3.05) is 0 Å². The van der Waals surface area contributed by atoms with E-state index in [0.717, 1.165) is 19.1 Å². The van der Waals surface area contributed by atoms with Crippen molar-refractivity contribution in [2.24, 2.45) is 11.8 Å². The van der Waals surface area contributed by atoms with Gasteiger partial charge in [0.25, 0.3) is 0 Å². The van der Waals surface area contributed by atoms with E-state index in [1.165, 1.54) is 38.5 Å². The number of aldehydes is 1. The molecule has 2 amide bonds. The molecule has 2 saturated carbocycles. The molecule has 3 unspecified atom stereocenters. The van der Waals surface area contributed by atoms with Gasteiger partial charge in [-0.3, -0.25) is 0 Å². The first-order valence-corrected chi connectivity index (χ1v) is 12.3. The summed E-state index contributed by atoms with van der Waals surface area (Å²) in [6.45, 7) is 12.6. The fourth-order valence-electron chi connectivity index (χ4n) is 3.62. The van der Waals surface area contributed by atoms with Gasteiger partial charge >= 0.3 is 12.2 Å². The second-order valence-electron chi connectivity index (χ2n) is 11.4. The third-order valence-corrected chi connectivity index (χ3v) is 5.77. The van der Waals surface area contributed by atoms with Gasteiger partial charge in [0, 0.05) is 0 Å². The van der Waals surface area contributed by atoms with Gasteiger partial charge < -0.3 is 30.0 Å². The monoisotopic (exact) mass is 470 g/mol. The number of amides is 2. The molecule has 0 aliphatic heterocycles. The fourth-order valence-corrected chi connectivity index (χ4v) is 3.62. The van der Waals surface area contributed by atoms with E-state index < -0.39 is 35.5 Å². The van der Waals surface area contributed by atoms with Gasteiger partial charge in [-0.1, -0.05) is 38.5 Å². The molecule has 0 saturated heterocycles. The van der Waals surface area contributed by atoms with Crippen LogP contribution in [-0.2, 0) is 14.3 Å².